The van der Waals surface area contributed by atoms with Gasteiger partial charge < -0.3 is 5.11 Å². The molecule has 3 heteroatoms. The van der Waals surface area contributed by atoms with E-state index in [2.05, 4.69) is 0 Å². The maximum Gasteiger partial charge on any atom is 0.307 e. The van der Waals surface area contributed by atoms with Crippen molar-refractivity contribution in [3.8, 4) is 0 Å². The number of carbonyl (C=O) groups is 2. The highest BCUT2D eigenvalue weighted by molar-refractivity contribution is 5.87. The molecule has 0 bridgehead atoms. The van der Waals surface area contributed by atoms with E-state index in [9.17, 15) is 9.59 Å². The molecule has 0 aromatic carbocycles. The summed E-state index contributed by atoms with van der Waals surface area (Å²) in [6.07, 6.45) is 1.50. The van der Waals surface area contributed by atoms with Crippen molar-refractivity contribution in [2.45, 2.75) is 26.2 Å². The van der Waals surface area contributed by atoms with Gasteiger partial charge in [0, 0.05) is 12.8 Å². The molecule has 0 aromatic heterocycles. The molecule has 0 unspecified atom stereocenters. The maximum atomic E-state index is 10.9. The second-order valence-electron chi connectivity index (χ2n) is 3.06. The summed E-state index contributed by atoms with van der Waals surface area (Å²) < 4.78 is 0. The van der Waals surface area contributed by atoms with E-state index in [1.165, 1.54) is 0 Å². The van der Waals surface area contributed by atoms with Crippen LogP contribution in [0.3, 0.4) is 0 Å². The lowest BCUT2D eigenvalue weighted by Gasteiger charge is -2.10. The second kappa shape index (κ2) is 3.03. The normalized spacial score (nSPS) is 30.8. The Hall–Kier alpha value is -0.860. The minimum atomic E-state index is -0.817. The third kappa shape index (κ3) is 1.59. The lowest BCUT2D eigenvalue weighted by molar-refractivity contribution is -0.143. The first-order valence-corrected chi connectivity index (χ1v) is 3.89. The Bertz CT molecular complexity index is 186. The number of hydrogen-bond acceptors (Lipinski definition) is 2. The van der Waals surface area contributed by atoms with Crippen LogP contribution in [0.2, 0.25) is 0 Å². The molecule has 1 aliphatic carbocycles. The summed E-state index contributed by atoms with van der Waals surface area (Å²) in [6.45, 7) is 1.93. The number of ketones is 1. The van der Waals surface area contributed by atoms with Crippen LogP contribution in [0.15, 0.2) is 0 Å². The zero-order chi connectivity index (χ0) is 8.43. The molecule has 3 nitrogen and oxygen atoms in total. The van der Waals surface area contributed by atoms with E-state index in [4.69, 9.17) is 5.11 Å². The van der Waals surface area contributed by atoms with Gasteiger partial charge in [-0.3, -0.25) is 9.59 Å². The third-order valence-electron chi connectivity index (χ3n) is 2.35. The standard InChI is InChI=1S/C8H12O3/c1-2-5-3-6(9)4-7(5)8(10)11/h5,7H,2-4H2,1H3,(H,10,11)/t5-,7+/m0/s1. The van der Waals surface area contributed by atoms with Crippen molar-refractivity contribution in [2.24, 2.45) is 11.8 Å². The molecule has 1 saturated carbocycles. The van der Waals surface area contributed by atoms with Gasteiger partial charge in [0.1, 0.15) is 5.78 Å². The molecular weight excluding hydrogens is 144 g/mol. The van der Waals surface area contributed by atoms with Crippen molar-refractivity contribution >= 4 is 11.8 Å². The topological polar surface area (TPSA) is 54.4 Å². The predicted octanol–water partition coefficient (Wildman–Crippen LogP) is 1.08. The van der Waals surface area contributed by atoms with Crippen molar-refractivity contribution < 1.29 is 14.7 Å². The predicted molar refractivity (Wildman–Crippen MR) is 39.1 cm³/mol. The number of Topliss-reactive ketones (excluding diaryl/α,β-unsaturated/α-hetero) is 1. The van der Waals surface area contributed by atoms with Crippen LogP contribution in [0.25, 0.3) is 0 Å². The van der Waals surface area contributed by atoms with E-state index < -0.39 is 11.9 Å². The van der Waals surface area contributed by atoms with Gasteiger partial charge in [0.2, 0.25) is 0 Å². The van der Waals surface area contributed by atoms with Crippen molar-refractivity contribution in [3.05, 3.63) is 0 Å². The lowest BCUT2D eigenvalue weighted by atomic mass is 9.94. The fraction of sp³-hybridized carbons (Fsp3) is 0.750. The first-order valence-electron chi connectivity index (χ1n) is 3.89. The smallest absolute Gasteiger partial charge is 0.307 e. The Kier molecular flexibility index (Phi) is 2.27. The summed E-state index contributed by atoms with van der Waals surface area (Å²) in [5.41, 5.74) is 0. The van der Waals surface area contributed by atoms with Crippen LogP contribution in [0, 0.1) is 11.8 Å². The van der Waals surface area contributed by atoms with Crippen molar-refractivity contribution in [1.29, 1.82) is 0 Å². The van der Waals surface area contributed by atoms with E-state index in [1.807, 2.05) is 6.92 Å². The van der Waals surface area contributed by atoms with Crippen LogP contribution >= 0.6 is 0 Å². The molecule has 0 heterocycles. The summed E-state index contributed by atoms with van der Waals surface area (Å²) in [4.78, 5) is 21.4. The maximum absolute atomic E-state index is 10.9. The van der Waals surface area contributed by atoms with E-state index in [1.54, 1.807) is 0 Å². The van der Waals surface area contributed by atoms with Crippen LogP contribution in [-0.2, 0) is 9.59 Å². The average molecular weight is 156 g/mol. The van der Waals surface area contributed by atoms with E-state index in [0.717, 1.165) is 6.42 Å². The molecule has 2 atom stereocenters. The van der Waals surface area contributed by atoms with Crippen LogP contribution in [-0.4, -0.2) is 16.9 Å². The van der Waals surface area contributed by atoms with E-state index in [-0.39, 0.29) is 18.1 Å². The molecule has 0 amide bonds. The Morgan fingerprint density at radius 3 is 2.64 bits per heavy atom. The molecule has 1 N–H and O–H groups in total. The van der Waals surface area contributed by atoms with Crippen LogP contribution in [0.1, 0.15) is 26.2 Å². The molecule has 0 saturated heterocycles. The molecule has 0 aliphatic heterocycles. The quantitative estimate of drug-likeness (QED) is 0.650. The molecule has 0 radical (unpaired) electrons. The Labute approximate surface area is 65.4 Å². The Balaban J connectivity index is 2.64. The van der Waals surface area contributed by atoms with Gasteiger partial charge in [-0.15, -0.1) is 0 Å². The highest BCUT2D eigenvalue weighted by atomic mass is 16.4. The first-order chi connectivity index (χ1) is 5.15. The van der Waals surface area contributed by atoms with Crippen LogP contribution < -0.4 is 0 Å². The first kappa shape index (κ1) is 8.24. The van der Waals surface area contributed by atoms with Gasteiger partial charge in [0.15, 0.2) is 0 Å². The van der Waals surface area contributed by atoms with Gasteiger partial charge in [0.05, 0.1) is 5.92 Å². The molecule has 62 valence electrons. The summed E-state index contributed by atoms with van der Waals surface area (Å²) in [5.74, 6) is -1.04. The van der Waals surface area contributed by atoms with Gasteiger partial charge in [0.25, 0.3) is 0 Å². The zero-order valence-corrected chi connectivity index (χ0v) is 6.54. The molecule has 11 heavy (non-hydrogen) atoms. The molecule has 1 rings (SSSR count). The minimum absolute atomic E-state index is 0.0833. The van der Waals surface area contributed by atoms with Crippen molar-refractivity contribution in [2.75, 3.05) is 0 Å². The summed E-state index contributed by atoms with van der Waals surface area (Å²) in [6, 6.07) is 0. The largest absolute Gasteiger partial charge is 0.481 e. The molecule has 1 aliphatic rings. The summed E-state index contributed by atoms with van der Waals surface area (Å²) >= 11 is 0. The summed E-state index contributed by atoms with van der Waals surface area (Å²) in [7, 11) is 0. The molecule has 1 fully saturated rings. The number of rotatable bonds is 2. The molecular formula is C8H12O3. The average Bonchev–Trinajstić information content (AvgIpc) is 2.30. The highest BCUT2D eigenvalue weighted by Gasteiger charge is 2.36. The fourth-order valence-electron chi connectivity index (χ4n) is 1.65. The second-order valence-corrected chi connectivity index (χ2v) is 3.06. The van der Waals surface area contributed by atoms with Gasteiger partial charge in [-0.05, 0) is 5.92 Å². The molecule has 0 spiro atoms. The zero-order valence-electron chi connectivity index (χ0n) is 6.54. The van der Waals surface area contributed by atoms with Crippen molar-refractivity contribution in [3.63, 3.8) is 0 Å². The lowest BCUT2D eigenvalue weighted by Crippen LogP contribution is -2.17. The number of aliphatic carboxylic acids is 1. The summed E-state index contributed by atoms with van der Waals surface area (Å²) in [5, 5.41) is 8.68. The Morgan fingerprint density at radius 1 is 1.64 bits per heavy atom. The number of hydrogen-bond donors (Lipinski definition) is 1. The fourth-order valence-corrected chi connectivity index (χ4v) is 1.65. The third-order valence-corrected chi connectivity index (χ3v) is 2.35. The highest BCUT2D eigenvalue weighted by Crippen LogP contribution is 2.31. The number of carboxylic acid groups (broad SMARTS) is 1. The molecule has 0 aromatic rings. The van der Waals surface area contributed by atoms with Crippen molar-refractivity contribution in [1.82, 2.24) is 0 Å². The number of carboxylic acids is 1. The SMILES string of the molecule is CC[C@H]1CC(=O)C[C@H]1C(=O)O. The van der Waals surface area contributed by atoms with Gasteiger partial charge in [-0.1, -0.05) is 13.3 Å². The van der Waals surface area contributed by atoms with Crippen LogP contribution in [0.4, 0.5) is 0 Å². The van der Waals surface area contributed by atoms with Gasteiger partial charge in [-0.2, -0.15) is 0 Å². The van der Waals surface area contributed by atoms with E-state index >= 15 is 0 Å². The number of carbonyl (C=O) groups excluding carboxylic acids is 1. The van der Waals surface area contributed by atoms with E-state index in [0.29, 0.717) is 6.42 Å². The van der Waals surface area contributed by atoms with Gasteiger partial charge >= 0.3 is 5.97 Å². The van der Waals surface area contributed by atoms with Gasteiger partial charge in [-0.25, -0.2) is 0 Å². The minimum Gasteiger partial charge on any atom is -0.481 e. The van der Waals surface area contributed by atoms with Crippen LogP contribution in [0.5, 0.6) is 0 Å². The Morgan fingerprint density at radius 2 is 2.27 bits per heavy atom. The monoisotopic (exact) mass is 156 g/mol.